The minimum Gasteiger partial charge on any atom is -0.497 e. The van der Waals surface area contributed by atoms with Gasteiger partial charge >= 0.3 is 0 Å². The second-order valence-electron chi connectivity index (χ2n) is 8.07. The summed E-state index contributed by atoms with van der Waals surface area (Å²) in [5.41, 5.74) is -1.39. The molecule has 5 rings (SSSR count). The summed E-state index contributed by atoms with van der Waals surface area (Å²) in [6, 6.07) is 20.3. The number of carbonyl (C=O) groups is 1. The molecule has 0 aromatic heterocycles. The Labute approximate surface area is 240 Å². The molecule has 0 spiro atoms. The van der Waals surface area contributed by atoms with Crippen molar-refractivity contribution >= 4 is 5.78 Å². The summed E-state index contributed by atoms with van der Waals surface area (Å²) in [6.07, 6.45) is 0.126. The number of ketones is 1. The van der Waals surface area contributed by atoms with Gasteiger partial charge in [0.1, 0.15) is 23.0 Å². The van der Waals surface area contributed by atoms with E-state index in [1.165, 1.54) is 7.11 Å². The molecule has 9 heteroatoms. The van der Waals surface area contributed by atoms with Gasteiger partial charge in [0.2, 0.25) is 0 Å². The van der Waals surface area contributed by atoms with E-state index in [4.69, 9.17) is 29.2 Å². The molecule has 3 aromatic rings. The molecule has 1 heterocycles. The number of aliphatic hydroxyl groups is 3. The Kier molecular flexibility index (Phi) is 10.6. The molecule has 3 aromatic carbocycles. The second kappa shape index (κ2) is 12.8. The van der Waals surface area contributed by atoms with E-state index in [1.54, 1.807) is 38.5 Å². The molecular weight excluding hydrogens is 702 g/mol. The van der Waals surface area contributed by atoms with Gasteiger partial charge in [-0.15, -0.1) is 0 Å². The third-order valence-electron chi connectivity index (χ3n) is 6.67. The smallest absolute Gasteiger partial charge is 0.200 e. The van der Waals surface area contributed by atoms with E-state index >= 15 is 0 Å². The number of ether oxygens (including phenoxy) is 4. The molecule has 1 aliphatic carbocycles. The summed E-state index contributed by atoms with van der Waals surface area (Å²) in [5, 5.41) is 26.3. The van der Waals surface area contributed by atoms with Crippen molar-refractivity contribution < 1.29 is 70.2 Å². The first-order valence-corrected chi connectivity index (χ1v) is 11.3. The van der Waals surface area contributed by atoms with E-state index < -0.39 is 17.1 Å². The largest absolute Gasteiger partial charge is 0.497 e. The van der Waals surface area contributed by atoms with Crippen molar-refractivity contribution in [3.05, 3.63) is 83.4 Å². The minimum absolute atomic E-state index is 0. The van der Waals surface area contributed by atoms with Gasteiger partial charge in [0, 0.05) is 75.4 Å². The molecule has 0 radical (unpaired) electrons. The molecule has 8 nitrogen and oxygen atoms in total. The molecule has 0 bridgehead atoms. The van der Waals surface area contributed by atoms with Crippen LogP contribution < -0.4 is 18.9 Å². The van der Waals surface area contributed by atoms with Crippen LogP contribution in [0.1, 0.15) is 29.0 Å². The zero-order valence-electron chi connectivity index (χ0n) is 21.5. The fourth-order valence-electron chi connectivity index (χ4n) is 5.21. The van der Waals surface area contributed by atoms with Gasteiger partial charge < -0.3 is 34.3 Å². The number of rotatable bonds is 5. The average molecular weight is 735 g/mol. The van der Waals surface area contributed by atoms with Gasteiger partial charge in [0.05, 0.1) is 26.9 Å². The first kappa shape index (κ1) is 30.7. The van der Waals surface area contributed by atoms with E-state index in [-0.39, 0.29) is 43.3 Å². The van der Waals surface area contributed by atoms with E-state index in [1.807, 2.05) is 42.5 Å². The third-order valence-corrected chi connectivity index (χ3v) is 6.67. The zero-order chi connectivity index (χ0) is 26.5. The Balaban J connectivity index is 0.000000919. The van der Waals surface area contributed by atoms with Gasteiger partial charge in [-0.05, 0) is 17.7 Å². The fraction of sp³-hybridized carbons (Fsp3) is 0.321. The summed E-state index contributed by atoms with van der Waals surface area (Å²) >= 11 is 0. The number of carbonyl (C=O) groups excluding carboxylic acids is 1. The van der Waals surface area contributed by atoms with Crippen LogP contribution in [-0.4, -0.2) is 56.7 Å². The number of Topliss-reactive ketones (excluding diaryl/α,β-unsaturated/α-hetero) is 1. The maximum Gasteiger partial charge on any atom is 0.200 e. The van der Waals surface area contributed by atoms with Crippen LogP contribution in [0.2, 0.25) is 0 Å². The molecule has 1 fully saturated rings. The molecule has 1 saturated carbocycles. The molecule has 2 aliphatic rings. The van der Waals surface area contributed by atoms with Crippen LogP contribution in [0.3, 0.4) is 0 Å². The number of hydrogen-bond donors (Lipinski definition) is 3. The predicted octanol–water partition coefficient (Wildman–Crippen LogP) is 3.16. The SMILES string of the molecule is CO.CO.COc1ccc(C23Oc4cc(OC)cc(OC)c4C2(O)C(=O)CC3c2ccccc2)cc1.[U]. The van der Waals surface area contributed by atoms with Crippen molar-refractivity contribution in [3.63, 3.8) is 0 Å². The molecule has 1 aliphatic heterocycles. The van der Waals surface area contributed by atoms with Gasteiger partial charge in [-0.25, -0.2) is 0 Å². The van der Waals surface area contributed by atoms with Crippen LogP contribution in [-0.2, 0) is 16.0 Å². The van der Waals surface area contributed by atoms with Crippen molar-refractivity contribution in [1.82, 2.24) is 0 Å². The first-order chi connectivity index (χ1) is 17.5. The average Bonchev–Trinajstić information content (AvgIpc) is 3.35. The van der Waals surface area contributed by atoms with Crippen molar-refractivity contribution in [2.24, 2.45) is 0 Å². The fourth-order valence-corrected chi connectivity index (χ4v) is 5.21. The number of fused-ring (bicyclic) bond motifs is 3. The molecule has 3 unspecified atom stereocenters. The van der Waals surface area contributed by atoms with Crippen molar-refractivity contribution in [1.29, 1.82) is 0 Å². The summed E-state index contributed by atoms with van der Waals surface area (Å²) in [6.45, 7) is 0. The Hall–Kier alpha value is -2.54. The Bertz CT molecular complexity index is 1180. The number of hydrogen-bond acceptors (Lipinski definition) is 8. The minimum atomic E-state index is -1.94. The first-order valence-electron chi connectivity index (χ1n) is 11.3. The Morgan fingerprint density at radius 1 is 0.838 bits per heavy atom. The van der Waals surface area contributed by atoms with E-state index in [0.29, 0.717) is 34.1 Å². The van der Waals surface area contributed by atoms with Crippen LogP contribution in [0.25, 0.3) is 0 Å². The third kappa shape index (κ3) is 4.75. The monoisotopic (exact) mass is 734 g/mol. The van der Waals surface area contributed by atoms with Crippen molar-refractivity contribution in [2.75, 3.05) is 35.5 Å². The topological polar surface area (TPSA) is 115 Å². The van der Waals surface area contributed by atoms with E-state index in [9.17, 15) is 9.90 Å². The van der Waals surface area contributed by atoms with Crippen molar-refractivity contribution in [3.8, 4) is 23.0 Å². The quantitative estimate of drug-likeness (QED) is 0.367. The van der Waals surface area contributed by atoms with E-state index in [0.717, 1.165) is 19.8 Å². The Morgan fingerprint density at radius 3 is 1.97 bits per heavy atom. The normalized spacial score (nSPS) is 22.5. The van der Waals surface area contributed by atoms with Crippen LogP contribution in [0.5, 0.6) is 23.0 Å². The molecule has 196 valence electrons. The Morgan fingerprint density at radius 2 is 1.43 bits per heavy atom. The van der Waals surface area contributed by atoms with Gasteiger partial charge in [0.15, 0.2) is 17.0 Å². The predicted molar refractivity (Wildman–Crippen MR) is 134 cm³/mol. The summed E-state index contributed by atoms with van der Waals surface area (Å²) < 4.78 is 22.9. The number of methoxy groups -OCH3 is 3. The molecule has 0 saturated heterocycles. The van der Waals surface area contributed by atoms with Crippen molar-refractivity contribution in [2.45, 2.75) is 23.5 Å². The second-order valence-corrected chi connectivity index (χ2v) is 8.07. The van der Waals surface area contributed by atoms with Gasteiger partial charge in [-0.2, -0.15) is 0 Å². The van der Waals surface area contributed by atoms with Crippen LogP contribution in [0.15, 0.2) is 66.7 Å². The maximum atomic E-state index is 13.6. The van der Waals surface area contributed by atoms with Crippen LogP contribution in [0.4, 0.5) is 0 Å². The maximum absolute atomic E-state index is 13.6. The van der Waals surface area contributed by atoms with Crippen LogP contribution in [0, 0.1) is 31.1 Å². The number of benzene rings is 3. The molecule has 0 amide bonds. The van der Waals surface area contributed by atoms with Gasteiger partial charge in [-0.1, -0.05) is 42.5 Å². The summed E-state index contributed by atoms with van der Waals surface area (Å²) in [5.74, 6) is 1.16. The molecule has 3 N–H and O–H groups in total. The zero-order valence-corrected chi connectivity index (χ0v) is 25.7. The van der Waals surface area contributed by atoms with Crippen LogP contribution >= 0.6 is 0 Å². The molecular formula is C28H32O8U. The van der Waals surface area contributed by atoms with E-state index in [2.05, 4.69) is 0 Å². The molecule has 3 atom stereocenters. The van der Waals surface area contributed by atoms with Gasteiger partial charge in [-0.3, -0.25) is 4.79 Å². The summed E-state index contributed by atoms with van der Waals surface area (Å²) in [7, 11) is 6.64. The summed E-state index contributed by atoms with van der Waals surface area (Å²) in [4.78, 5) is 13.6. The van der Waals surface area contributed by atoms with Gasteiger partial charge in [0.25, 0.3) is 0 Å². The number of aliphatic hydroxyl groups excluding tert-OH is 2. The molecule has 37 heavy (non-hydrogen) atoms. The standard InChI is InChI=1S/C26H24O6.2CH4O.U/c1-29-18-11-9-17(10-12-18)26-20(16-7-5-4-6-8-16)15-23(27)25(26,28)24-21(31-3)13-19(30-2)14-22(24)32-26;2*1-2;/h4-14,20,28H,15H2,1-3H3;2*2H,1H3;.